The van der Waals surface area contributed by atoms with Gasteiger partial charge in [0, 0.05) is 28.7 Å². The molecule has 3 aromatic rings. The first-order valence-corrected chi connectivity index (χ1v) is 10.4. The van der Waals surface area contributed by atoms with Crippen LogP contribution in [0.3, 0.4) is 0 Å². The lowest BCUT2D eigenvalue weighted by molar-refractivity contribution is -0.115. The van der Waals surface area contributed by atoms with Gasteiger partial charge >= 0.3 is 6.03 Å². The maximum atomic E-state index is 13.6. The zero-order valence-corrected chi connectivity index (χ0v) is 17.7. The standard InChI is InChI=1S/C20H17BrFN7O2/c21-14-4-1-12(22)5-10(14)8-23-16-7-17(25-13-2-3-13)29-18(27-16)11(9-24-29)6-15-19(30)28-20(31)26-15/h1,4-7,9,13,25H,2-3,8H2,(H,23,27)(H2,26,28,30,31)/b15-6+. The Labute approximate surface area is 184 Å². The molecule has 0 atom stereocenters. The second-order valence-electron chi connectivity index (χ2n) is 7.34. The van der Waals surface area contributed by atoms with Crippen LogP contribution in [0.4, 0.5) is 20.8 Å². The molecule has 11 heteroatoms. The van der Waals surface area contributed by atoms with Crippen LogP contribution in [0.1, 0.15) is 24.0 Å². The quantitative estimate of drug-likeness (QED) is 0.315. The summed E-state index contributed by atoms with van der Waals surface area (Å²) >= 11 is 3.43. The molecule has 1 aromatic carbocycles. The van der Waals surface area contributed by atoms with Crippen LogP contribution in [0.5, 0.6) is 0 Å². The number of rotatable bonds is 6. The number of carbonyl (C=O) groups excluding carboxylic acids is 2. The maximum absolute atomic E-state index is 13.6. The van der Waals surface area contributed by atoms with Gasteiger partial charge in [0.15, 0.2) is 5.65 Å². The van der Waals surface area contributed by atoms with Crippen molar-refractivity contribution in [2.45, 2.75) is 25.4 Å². The summed E-state index contributed by atoms with van der Waals surface area (Å²) < 4.78 is 16.0. The third kappa shape index (κ3) is 4.08. The van der Waals surface area contributed by atoms with Crippen LogP contribution < -0.4 is 21.3 Å². The first kappa shape index (κ1) is 19.5. The number of carbonyl (C=O) groups is 2. The normalized spacial score (nSPS) is 17.2. The maximum Gasteiger partial charge on any atom is 0.326 e. The molecule has 9 nitrogen and oxygen atoms in total. The first-order chi connectivity index (χ1) is 15.0. The Hall–Kier alpha value is -3.47. The SMILES string of the molecule is O=C1NC(=O)/C(=C\c2cnn3c(NC4CC4)cc(NCc4cc(F)ccc4Br)nc23)N1. The van der Waals surface area contributed by atoms with Crippen LogP contribution in [0.15, 0.2) is 40.6 Å². The number of benzene rings is 1. The predicted molar refractivity (Wildman–Crippen MR) is 116 cm³/mol. The molecule has 1 saturated heterocycles. The van der Waals surface area contributed by atoms with E-state index in [2.05, 4.69) is 47.3 Å². The van der Waals surface area contributed by atoms with Crippen molar-refractivity contribution in [1.29, 1.82) is 0 Å². The minimum Gasteiger partial charge on any atom is -0.367 e. The zero-order chi connectivity index (χ0) is 21.5. The van der Waals surface area contributed by atoms with E-state index in [-0.39, 0.29) is 11.5 Å². The number of nitrogens with zero attached hydrogens (tertiary/aromatic N) is 3. The number of amides is 3. The van der Waals surface area contributed by atoms with E-state index in [0.717, 1.165) is 28.7 Å². The average molecular weight is 486 g/mol. The molecule has 2 fully saturated rings. The van der Waals surface area contributed by atoms with Crippen molar-refractivity contribution in [3.63, 3.8) is 0 Å². The Kier molecular flexibility index (Phi) is 4.81. The molecule has 3 amide bonds. The van der Waals surface area contributed by atoms with Gasteiger partial charge in [-0.1, -0.05) is 15.9 Å². The molecule has 1 saturated carbocycles. The van der Waals surface area contributed by atoms with Gasteiger partial charge in [-0.15, -0.1) is 0 Å². The number of hydrogen-bond acceptors (Lipinski definition) is 6. The zero-order valence-electron chi connectivity index (χ0n) is 16.1. The van der Waals surface area contributed by atoms with Gasteiger partial charge in [-0.3, -0.25) is 10.1 Å². The third-order valence-corrected chi connectivity index (χ3v) is 5.69. The molecular weight excluding hydrogens is 469 g/mol. The third-order valence-electron chi connectivity index (χ3n) is 4.92. The van der Waals surface area contributed by atoms with Crippen LogP contribution in [0.25, 0.3) is 11.7 Å². The van der Waals surface area contributed by atoms with Crippen molar-refractivity contribution in [1.82, 2.24) is 25.2 Å². The Balaban J connectivity index is 1.50. The summed E-state index contributed by atoms with van der Waals surface area (Å²) in [5.41, 5.74) is 1.95. The van der Waals surface area contributed by atoms with Gasteiger partial charge < -0.3 is 16.0 Å². The molecule has 4 N–H and O–H groups in total. The van der Waals surface area contributed by atoms with E-state index < -0.39 is 11.9 Å². The smallest absolute Gasteiger partial charge is 0.326 e. The highest BCUT2D eigenvalue weighted by Gasteiger charge is 2.25. The van der Waals surface area contributed by atoms with E-state index in [4.69, 9.17) is 0 Å². The average Bonchev–Trinajstić information content (AvgIpc) is 3.37. The molecule has 5 rings (SSSR count). The van der Waals surface area contributed by atoms with E-state index >= 15 is 0 Å². The molecule has 31 heavy (non-hydrogen) atoms. The number of urea groups is 1. The molecule has 0 bridgehead atoms. The summed E-state index contributed by atoms with van der Waals surface area (Å²) in [4.78, 5) is 27.9. The Morgan fingerprint density at radius 2 is 2.10 bits per heavy atom. The molecular formula is C20H17BrFN7O2. The van der Waals surface area contributed by atoms with Crippen molar-refractivity contribution in [3.8, 4) is 0 Å². The molecule has 1 aliphatic heterocycles. The Morgan fingerprint density at radius 3 is 2.84 bits per heavy atom. The van der Waals surface area contributed by atoms with Crippen molar-refractivity contribution in [3.05, 3.63) is 57.6 Å². The molecule has 0 unspecified atom stereocenters. The summed E-state index contributed by atoms with van der Waals surface area (Å²) in [5.74, 6) is 0.483. The second kappa shape index (κ2) is 7.65. The van der Waals surface area contributed by atoms with E-state index in [0.29, 0.717) is 29.6 Å². The number of hydrogen-bond donors (Lipinski definition) is 4. The monoisotopic (exact) mass is 485 g/mol. The number of halogens is 2. The number of fused-ring (bicyclic) bond motifs is 1. The fraction of sp³-hybridized carbons (Fsp3) is 0.200. The summed E-state index contributed by atoms with van der Waals surface area (Å²) in [6.07, 6.45) is 5.27. The highest BCUT2D eigenvalue weighted by molar-refractivity contribution is 9.10. The molecule has 0 radical (unpaired) electrons. The summed E-state index contributed by atoms with van der Waals surface area (Å²) in [6.45, 7) is 0.355. The van der Waals surface area contributed by atoms with Crippen LogP contribution in [0, 0.1) is 5.82 Å². The van der Waals surface area contributed by atoms with E-state index in [1.165, 1.54) is 18.2 Å². The highest BCUT2D eigenvalue weighted by atomic mass is 79.9. The molecule has 1 aliphatic carbocycles. The first-order valence-electron chi connectivity index (χ1n) is 9.63. The summed E-state index contributed by atoms with van der Waals surface area (Å²) in [7, 11) is 0. The number of anilines is 2. The highest BCUT2D eigenvalue weighted by Crippen LogP contribution is 2.28. The Bertz CT molecular complexity index is 1250. The summed E-state index contributed by atoms with van der Waals surface area (Å²) in [6, 6.07) is 6.15. The van der Waals surface area contributed by atoms with Gasteiger partial charge in [-0.05, 0) is 42.7 Å². The summed E-state index contributed by atoms with van der Waals surface area (Å²) in [5, 5.41) is 15.7. The number of nitrogens with one attached hydrogen (secondary N) is 4. The molecule has 2 aliphatic rings. The number of aromatic nitrogens is 3. The Morgan fingerprint density at radius 1 is 1.26 bits per heavy atom. The molecule has 0 spiro atoms. The molecule has 158 valence electrons. The van der Waals surface area contributed by atoms with Crippen molar-refractivity contribution >= 4 is 51.2 Å². The van der Waals surface area contributed by atoms with E-state index in [1.54, 1.807) is 16.8 Å². The minimum atomic E-state index is -0.570. The lowest BCUT2D eigenvalue weighted by Gasteiger charge is -2.12. The predicted octanol–water partition coefficient (Wildman–Crippen LogP) is 3.00. The van der Waals surface area contributed by atoms with Gasteiger partial charge in [0.05, 0.1) is 6.20 Å². The van der Waals surface area contributed by atoms with Gasteiger partial charge in [0.25, 0.3) is 5.91 Å². The lowest BCUT2D eigenvalue weighted by atomic mass is 10.2. The second-order valence-corrected chi connectivity index (χ2v) is 8.19. The molecule has 2 aromatic heterocycles. The molecule has 3 heterocycles. The topological polar surface area (TPSA) is 112 Å². The fourth-order valence-corrected chi connectivity index (χ4v) is 3.60. The largest absolute Gasteiger partial charge is 0.367 e. The fourth-order valence-electron chi connectivity index (χ4n) is 3.21. The van der Waals surface area contributed by atoms with Crippen LogP contribution in [-0.4, -0.2) is 32.6 Å². The van der Waals surface area contributed by atoms with Crippen LogP contribution in [-0.2, 0) is 11.3 Å². The van der Waals surface area contributed by atoms with Gasteiger partial charge in [-0.25, -0.2) is 14.2 Å². The van der Waals surface area contributed by atoms with E-state index in [1.807, 2.05) is 6.07 Å². The minimum absolute atomic E-state index is 0.125. The van der Waals surface area contributed by atoms with Crippen molar-refractivity contribution in [2.75, 3.05) is 10.6 Å². The van der Waals surface area contributed by atoms with Crippen molar-refractivity contribution in [2.24, 2.45) is 0 Å². The lowest BCUT2D eigenvalue weighted by Crippen LogP contribution is -2.22. The van der Waals surface area contributed by atoms with Crippen LogP contribution in [0.2, 0.25) is 0 Å². The van der Waals surface area contributed by atoms with Gasteiger partial charge in [0.2, 0.25) is 0 Å². The van der Waals surface area contributed by atoms with Crippen LogP contribution >= 0.6 is 15.9 Å². The van der Waals surface area contributed by atoms with Gasteiger partial charge in [0.1, 0.15) is 23.1 Å². The van der Waals surface area contributed by atoms with Gasteiger partial charge in [-0.2, -0.15) is 9.61 Å². The van der Waals surface area contributed by atoms with E-state index in [9.17, 15) is 14.0 Å². The van der Waals surface area contributed by atoms with Crippen molar-refractivity contribution < 1.29 is 14.0 Å². The number of imide groups is 1.